The first kappa shape index (κ1) is 17.3. The summed E-state index contributed by atoms with van der Waals surface area (Å²) in [6.45, 7) is 6.12. The maximum Gasteiger partial charge on any atom is 0.314 e. The molecule has 4 rings (SSSR count). The monoisotopic (exact) mass is 356 g/mol. The third kappa shape index (κ3) is 3.07. The van der Waals surface area contributed by atoms with E-state index in [0.717, 1.165) is 56.7 Å². The van der Waals surface area contributed by atoms with Gasteiger partial charge in [-0.25, -0.2) is 4.79 Å². The van der Waals surface area contributed by atoms with E-state index in [-0.39, 0.29) is 17.4 Å². The van der Waals surface area contributed by atoms with Crippen LogP contribution in [0.15, 0.2) is 24.3 Å². The number of hydrogen-bond donors (Lipinski definition) is 1. The zero-order valence-electron chi connectivity index (χ0n) is 15.3. The van der Waals surface area contributed by atoms with Crippen LogP contribution in [0.5, 0.6) is 0 Å². The molecule has 3 aliphatic rings. The second-order valence-electron chi connectivity index (χ2n) is 7.93. The minimum Gasteiger partial charge on any atom is -0.351 e. The number of carbonyl (C=O) groups is 2. The van der Waals surface area contributed by atoms with E-state index in [9.17, 15) is 9.59 Å². The Balaban J connectivity index is 1.56. The van der Waals surface area contributed by atoms with Gasteiger partial charge in [0.15, 0.2) is 0 Å². The van der Waals surface area contributed by atoms with Gasteiger partial charge in [0.25, 0.3) is 5.91 Å². The quantitative estimate of drug-likeness (QED) is 0.895. The first-order chi connectivity index (χ1) is 12.6. The zero-order valence-corrected chi connectivity index (χ0v) is 15.3. The molecule has 3 heterocycles. The van der Waals surface area contributed by atoms with Crippen molar-refractivity contribution in [1.29, 1.82) is 0 Å². The van der Waals surface area contributed by atoms with Gasteiger partial charge < -0.3 is 20.4 Å². The van der Waals surface area contributed by atoms with Crippen molar-refractivity contribution in [3.8, 4) is 0 Å². The Morgan fingerprint density at radius 1 is 1.04 bits per heavy atom. The molecule has 0 bridgehead atoms. The number of primary amides is 1. The van der Waals surface area contributed by atoms with Gasteiger partial charge in [0, 0.05) is 43.7 Å². The molecule has 6 heteroatoms. The van der Waals surface area contributed by atoms with Crippen LogP contribution in [0.3, 0.4) is 0 Å². The van der Waals surface area contributed by atoms with Gasteiger partial charge in [-0.2, -0.15) is 0 Å². The summed E-state index contributed by atoms with van der Waals surface area (Å²) < 4.78 is 0. The van der Waals surface area contributed by atoms with E-state index in [1.54, 1.807) is 4.90 Å². The van der Waals surface area contributed by atoms with Crippen LogP contribution in [0.25, 0.3) is 0 Å². The molecule has 0 aromatic heterocycles. The number of rotatable bonds is 3. The molecule has 2 fully saturated rings. The Morgan fingerprint density at radius 3 is 2.42 bits per heavy atom. The van der Waals surface area contributed by atoms with Gasteiger partial charge in [-0.05, 0) is 50.4 Å². The second kappa shape index (κ2) is 6.91. The van der Waals surface area contributed by atoms with Gasteiger partial charge in [-0.3, -0.25) is 4.79 Å². The molecule has 3 amide bonds. The molecule has 2 saturated heterocycles. The molecule has 2 N–H and O–H groups in total. The van der Waals surface area contributed by atoms with Crippen molar-refractivity contribution in [3.63, 3.8) is 0 Å². The summed E-state index contributed by atoms with van der Waals surface area (Å²) in [7, 11) is 0. The molecular weight excluding hydrogens is 328 g/mol. The number of nitrogens with zero attached hydrogens (tertiary/aromatic N) is 3. The molecule has 6 nitrogen and oxygen atoms in total. The van der Waals surface area contributed by atoms with E-state index in [4.69, 9.17) is 5.73 Å². The molecule has 0 radical (unpaired) electrons. The van der Waals surface area contributed by atoms with Gasteiger partial charge in [-0.15, -0.1) is 0 Å². The normalized spacial score (nSPS) is 22.7. The summed E-state index contributed by atoms with van der Waals surface area (Å²) in [5, 5.41) is 0. The van der Waals surface area contributed by atoms with Crippen molar-refractivity contribution in [3.05, 3.63) is 35.4 Å². The van der Waals surface area contributed by atoms with Crippen molar-refractivity contribution in [2.45, 2.75) is 31.1 Å². The topological polar surface area (TPSA) is 69.9 Å². The van der Waals surface area contributed by atoms with E-state index in [2.05, 4.69) is 11.0 Å². The van der Waals surface area contributed by atoms with Crippen molar-refractivity contribution in [2.75, 3.05) is 45.8 Å². The van der Waals surface area contributed by atoms with Crippen molar-refractivity contribution in [1.82, 2.24) is 14.7 Å². The molecule has 0 unspecified atom stereocenters. The van der Waals surface area contributed by atoms with E-state index >= 15 is 0 Å². The molecule has 1 spiro atoms. The number of piperidine rings is 1. The summed E-state index contributed by atoms with van der Waals surface area (Å²) >= 11 is 0. The molecular formula is C20H28N4O2. The third-order valence-corrected chi connectivity index (χ3v) is 6.43. The van der Waals surface area contributed by atoms with Crippen LogP contribution in [0.1, 0.15) is 41.6 Å². The lowest BCUT2D eigenvalue weighted by atomic mass is 9.68. The van der Waals surface area contributed by atoms with Crippen molar-refractivity contribution >= 4 is 11.9 Å². The first-order valence-electron chi connectivity index (χ1n) is 9.75. The Morgan fingerprint density at radius 2 is 1.73 bits per heavy atom. The maximum absolute atomic E-state index is 13.0. The summed E-state index contributed by atoms with van der Waals surface area (Å²) in [5.74, 6) is 0.155. The first-order valence-corrected chi connectivity index (χ1v) is 9.75. The number of carbonyl (C=O) groups excluding carboxylic acids is 2. The molecule has 1 aromatic carbocycles. The molecule has 3 aliphatic heterocycles. The van der Waals surface area contributed by atoms with Crippen molar-refractivity contribution in [2.24, 2.45) is 5.73 Å². The highest BCUT2D eigenvalue weighted by atomic mass is 16.2. The molecule has 1 aromatic rings. The fraction of sp³-hybridized carbons (Fsp3) is 0.600. The van der Waals surface area contributed by atoms with Gasteiger partial charge >= 0.3 is 6.03 Å². The maximum atomic E-state index is 13.0. The van der Waals surface area contributed by atoms with Crippen LogP contribution < -0.4 is 5.73 Å². The van der Waals surface area contributed by atoms with Crippen molar-refractivity contribution < 1.29 is 9.59 Å². The number of nitrogens with two attached hydrogens (primary N) is 1. The lowest BCUT2D eigenvalue weighted by Gasteiger charge is -2.48. The number of fused-ring (bicyclic) bond motifs is 2. The smallest absolute Gasteiger partial charge is 0.314 e. The van der Waals surface area contributed by atoms with E-state index in [0.29, 0.717) is 13.1 Å². The molecule has 26 heavy (non-hydrogen) atoms. The van der Waals surface area contributed by atoms with Crippen LogP contribution >= 0.6 is 0 Å². The fourth-order valence-electron chi connectivity index (χ4n) is 4.86. The van der Waals surface area contributed by atoms with Crippen LogP contribution in [-0.2, 0) is 5.41 Å². The Kier molecular flexibility index (Phi) is 4.61. The summed E-state index contributed by atoms with van der Waals surface area (Å²) in [6.07, 6.45) is 4.26. The number of urea groups is 1. The minimum absolute atomic E-state index is 0.0541. The van der Waals surface area contributed by atoms with Crippen LogP contribution in [0.4, 0.5) is 4.79 Å². The molecule has 0 saturated carbocycles. The highest BCUT2D eigenvalue weighted by molar-refractivity contribution is 5.97. The minimum atomic E-state index is -0.342. The van der Waals surface area contributed by atoms with Gasteiger partial charge in [0.05, 0.1) is 0 Å². The highest BCUT2D eigenvalue weighted by Crippen LogP contribution is 2.41. The zero-order chi connectivity index (χ0) is 18.1. The number of likely N-dealkylation sites (tertiary alicyclic amines) is 2. The Hall–Kier alpha value is -2.08. The lowest BCUT2D eigenvalue weighted by Crippen LogP contribution is -2.56. The number of hydrogen-bond acceptors (Lipinski definition) is 3. The van der Waals surface area contributed by atoms with E-state index < -0.39 is 0 Å². The van der Waals surface area contributed by atoms with Gasteiger partial charge in [0.1, 0.15) is 0 Å². The van der Waals surface area contributed by atoms with Crippen LogP contribution in [0.2, 0.25) is 0 Å². The van der Waals surface area contributed by atoms with Gasteiger partial charge in [0.2, 0.25) is 0 Å². The SMILES string of the molecule is NC(=O)N1CCC2(CC1)CN(CCN1CCCC1)C(=O)c1ccccc12. The highest BCUT2D eigenvalue weighted by Gasteiger charge is 2.45. The predicted octanol–water partition coefficient (Wildman–Crippen LogP) is 1.65. The average Bonchev–Trinajstić information content (AvgIpc) is 3.18. The summed E-state index contributed by atoms with van der Waals surface area (Å²) in [6, 6.07) is 7.69. The fourth-order valence-corrected chi connectivity index (χ4v) is 4.86. The molecule has 0 aliphatic carbocycles. The molecule has 140 valence electrons. The van der Waals surface area contributed by atoms with Crippen LogP contribution in [-0.4, -0.2) is 72.5 Å². The number of benzene rings is 1. The molecule has 0 atom stereocenters. The standard InChI is InChI=1S/C20H28N4O2/c21-19(26)23-11-7-20(8-12-23)15-24(14-13-22-9-3-4-10-22)18(25)16-5-1-2-6-17(16)20/h1-2,5-6H,3-4,7-15H2,(H2,21,26). The van der Waals surface area contributed by atoms with Crippen LogP contribution in [0, 0.1) is 0 Å². The Labute approximate surface area is 154 Å². The summed E-state index contributed by atoms with van der Waals surface area (Å²) in [4.78, 5) is 30.8. The van der Waals surface area contributed by atoms with E-state index in [1.807, 2.05) is 23.1 Å². The Bertz CT molecular complexity index is 691. The number of amides is 3. The predicted molar refractivity (Wildman–Crippen MR) is 100 cm³/mol. The van der Waals surface area contributed by atoms with E-state index in [1.165, 1.54) is 12.8 Å². The second-order valence-corrected chi connectivity index (χ2v) is 7.93. The summed E-state index contributed by atoms with van der Waals surface area (Å²) in [5.41, 5.74) is 7.41. The van der Waals surface area contributed by atoms with Gasteiger partial charge in [-0.1, -0.05) is 18.2 Å². The lowest BCUT2D eigenvalue weighted by molar-refractivity contribution is 0.0584. The third-order valence-electron chi connectivity index (χ3n) is 6.43. The largest absolute Gasteiger partial charge is 0.351 e. The average molecular weight is 356 g/mol.